The molecule has 9 heteroatoms. The molecule has 1 aromatic rings. The number of amides is 3. The van der Waals surface area contributed by atoms with Crippen molar-refractivity contribution >= 4 is 17.9 Å². The molecule has 1 aromatic carbocycles. The van der Waals surface area contributed by atoms with Gasteiger partial charge < -0.3 is 30.9 Å². The van der Waals surface area contributed by atoms with Crippen LogP contribution in [0.15, 0.2) is 30.3 Å². The molecule has 0 heterocycles. The van der Waals surface area contributed by atoms with Crippen molar-refractivity contribution in [2.45, 2.75) is 83.1 Å². The molecule has 0 spiro atoms. The predicted octanol–water partition coefficient (Wildman–Crippen LogP) is 1.66. The van der Waals surface area contributed by atoms with Crippen LogP contribution in [0.5, 0.6) is 0 Å². The molecule has 3 atom stereocenters. The molecule has 1 aliphatic rings. The van der Waals surface area contributed by atoms with Crippen LogP contribution in [0.25, 0.3) is 0 Å². The van der Waals surface area contributed by atoms with E-state index >= 15 is 0 Å². The number of hydrogen-bond donors (Lipinski definition) is 5. The Kier molecular flexibility index (Phi) is 10.8. The summed E-state index contributed by atoms with van der Waals surface area (Å²) in [6.07, 6.45) is 3.42. The molecule has 0 aromatic heterocycles. The van der Waals surface area contributed by atoms with Crippen LogP contribution in [0.2, 0.25) is 0 Å². The van der Waals surface area contributed by atoms with Crippen LogP contribution >= 0.6 is 0 Å². The van der Waals surface area contributed by atoms with Gasteiger partial charge in [0.25, 0.3) is 5.91 Å². The van der Waals surface area contributed by atoms with E-state index < -0.39 is 48.3 Å². The van der Waals surface area contributed by atoms with Crippen molar-refractivity contribution in [3.8, 4) is 0 Å². The van der Waals surface area contributed by atoms with Gasteiger partial charge >= 0.3 is 6.09 Å². The van der Waals surface area contributed by atoms with Gasteiger partial charge in [0.05, 0.1) is 12.6 Å². The molecule has 5 N–H and O–H groups in total. The fraction of sp³-hybridized carbons (Fsp3) is 0.640. The van der Waals surface area contributed by atoms with Crippen molar-refractivity contribution in [3.63, 3.8) is 0 Å². The summed E-state index contributed by atoms with van der Waals surface area (Å²) in [5, 5.41) is 28.2. The molecule has 190 valence electrons. The first kappa shape index (κ1) is 27.6. The predicted molar refractivity (Wildman–Crippen MR) is 128 cm³/mol. The van der Waals surface area contributed by atoms with E-state index in [1.807, 2.05) is 30.3 Å². The van der Waals surface area contributed by atoms with E-state index in [1.54, 1.807) is 20.8 Å². The molecule has 1 fully saturated rings. The zero-order chi connectivity index (χ0) is 25.1. The Morgan fingerprint density at radius 1 is 1.03 bits per heavy atom. The molecule has 34 heavy (non-hydrogen) atoms. The average molecular weight is 478 g/mol. The van der Waals surface area contributed by atoms with E-state index in [-0.39, 0.29) is 6.42 Å². The van der Waals surface area contributed by atoms with Crippen molar-refractivity contribution in [1.82, 2.24) is 16.0 Å². The zero-order valence-electron chi connectivity index (χ0n) is 20.4. The number of carbonyl (C=O) groups is 3. The molecule has 3 amide bonds. The number of alkyl carbamates (subject to hydrolysis) is 1. The van der Waals surface area contributed by atoms with Gasteiger partial charge in [0.15, 0.2) is 6.10 Å². The van der Waals surface area contributed by atoms with Gasteiger partial charge in [-0.15, -0.1) is 0 Å². The van der Waals surface area contributed by atoms with E-state index in [1.165, 1.54) is 6.42 Å². The van der Waals surface area contributed by atoms with E-state index in [4.69, 9.17) is 4.74 Å². The molecule has 1 saturated carbocycles. The van der Waals surface area contributed by atoms with Crippen LogP contribution in [0, 0.1) is 5.92 Å². The highest BCUT2D eigenvalue weighted by Gasteiger charge is 2.31. The normalized spacial score (nSPS) is 17.2. The van der Waals surface area contributed by atoms with Gasteiger partial charge in [0.2, 0.25) is 5.91 Å². The number of rotatable bonds is 10. The fourth-order valence-electron chi connectivity index (χ4n) is 3.96. The maximum absolute atomic E-state index is 12.8. The van der Waals surface area contributed by atoms with E-state index in [9.17, 15) is 24.6 Å². The molecule has 9 nitrogen and oxygen atoms in total. The van der Waals surface area contributed by atoms with E-state index in [0.717, 1.165) is 31.2 Å². The Morgan fingerprint density at radius 3 is 2.26 bits per heavy atom. The first-order valence-corrected chi connectivity index (χ1v) is 12.0. The molecule has 0 aliphatic heterocycles. The van der Waals surface area contributed by atoms with Crippen LogP contribution in [-0.4, -0.2) is 65.1 Å². The van der Waals surface area contributed by atoms with Crippen LogP contribution < -0.4 is 16.0 Å². The topological polar surface area (TPSA) is 137 Å². The van der Waals surface area contributed by atoms with E-state index in [0.29, 0.717) is 12.5 Å². The maximum Gasteiger partial charge on any atom is 0.408 e. The minimum Gasteiger partial charge on any atom is -0.444 e. The second kappa shape index (κ2) is 13.3. The van der Waals surface area contributed by atoms with Crippen LogP contribution in [-0.2, 0) is 20.7 Å². The molecule has 2 rings (SSSR count). The largest absolute Gasteiger partial charge is 0.444 e. The Bertz CT molecular complexity index is 790. The third kappa shape index (κ3) is 9.69. The summed E-state index contributed by atoms with van der Waals surface area (Å²) >= 11 is 0. The highest BCUT2D eigenvalue weighted by Crippen LogP contribution is 2.22. The molecule has 0 bridgehead atoms. The van der Waals surface area contributed by atoms with Gasteiger partial charge in [-0.3, -0.25) is 9.59 Å². The Hall–Kier alpha value is -2.65. The number of hydrogen-bond acceptors (Lipinski definition) is 6. The molecule has 0 unspecified atom stereocenters. The highest BCUT2D eigenvalue weighted by molar-refractivity contribution is 5.87. The van der Waals surface area contributed by atoms with Gasteiger partial charge in [-0.2, -0.15) is 0 Å². The number of nitrogens with one attached hydrogen (secondary N) is 3. The average Bonchev–Trinajstić information content (AvgIpc) is 2.80. The summed E-state index contributed by atoms with van der Waals surface area (Å²) < 4.78 is 5.14. The van der Waals surface area contributed by atoms with Gasteiger partial charge in [-0.1, -0.05) is 49.6 Å². The quantitative estimate of drug-likeness (QED) is 0.348. The molecule has 0 saturated heterocycles. The summed E-state index contributed by atoms with van der Waals surface area (Å²) in [6.45, 7) is 4.85. The number of aliphatic hydroxyl groups is 2. The monoisotopic (exact) mass is 477 g/mol. The minimum absolute atomic E-state index is 0.190. The second-order valence-corrected chi connectivity index (χ2v) is 9.88. The van der Waals surface area contributed by atoms with Gasteiger partial charge in [-0.05, 0) is 51.5 Å². The van der Waals surface area contributed by atoms with Crippen LogP contribution in [0.4, 0.5) is 4.79 Å². The highest BCUT2D eigenvalue weighted by atomic mass is 16.6. The lowest BCUT2D eigenvalue weighted by atomic mass is 9.89. The van der Waals surface area contributed by atoms with Crippen molar-refractivity contribution in [1.29, 1.82) is 0 Å². The van der Waals surface area contributed by atoms with E-state index in [2.05, 4.69) is 16.0 Å². The SMILES string of the molecule is CC(C)(C)OC(=O)N[C@@H](CO)C(=O)N[C@@H](Cc1ccccc1)[C@@H](O)C(=O)NCC1CCCCC1. The Labute approximate surface area is 201 Å². The number of aliphatic hydroxyl groups excluding tert-OH is 2. The molecular formula is C25H39N3O6. The summed E-state index contributed by atoms with van der Waals surface area (Å²) in [5.74, 6) is -0.898. The first-order valence-electron chi connectivity index (χ1n) is 12.0. The van der Waals surface area contributed by atoms with Gasteiger partial charge in [-0.25, -0.2) is 4.79 Å². The number of ether oxygens (including phenoxy) is 1. The summed E-state index contributed by atoms with van der Waals surface area (Å²) in [5.41, 5.74) is 0.0378. The third-order valence-electron chi connectivity index (χ3n) is 5.76. The second-order valence-electron chi connectivity index (χ2n) is 9.88. The van der Waals surface area contributed by atoms with Crippen molar-refractivity contribution in [2.75, 3.05) is 13.2 Å². The van der Waals surface area contributed by atoms with Crippen LogP contribution in [0.1, 0.15) is 58.4 Å². The number of benzene rings is 1. The smallest absolute Gasteiger partial charge is 0.408 e. The summed E-state index contributed by atoms with van der Waals surface area (Å²) in [7, 11) is 0. The van der Waals surface area contributed by atoms with Gasteiger partial charge in [0.1, 0.15) is 11.6 Å². The Balaban J connectivity index is 2.05. The lowest BCUT2D eigenvalue weighted by Crippen LogP contribution is -2.57. The fourth-order valence-corrected chi connectivity index (χ4v) is 3.96. The standard InChI is InChI=1S/C25H39N3O6/c1-25(2,3)34-24(33)28-20(16-29)22(31)27-19(14-17-10-6-4-7-11-17)21(30)23(32)26-15-18-12-8-5-9-13-18/h4,6-7,10-11,18-21,29-30H,5,8-9,12-16H2,1-3H3,(H,26,32)(H,27,31)(H,28,33)/t19-,20-,21+/m0/s1. The molecule has 0 radical (unpaired) electrons. The lowest BCUT2D eigenvalue weighted by Gasteiger charge is -2.28. The van der Waals surface area contributed by atoms with Crippen molar-refractivity contribution in [3.05, 3.63) is 35.9 Å². The third-order valence-corrected chi connectivity index (χ3v) is 5.76. The Morgan fingerprint density at radius 2 is 1.68 bits per heavy atom. The van der Waals surface area contributed by atoms with Crippen molar-refractivity contribution in [2.24, 2.45) is 5.92 Å². The lowest BCUT2D eigenvalue weighted by molar-refractivity contribution is -0.133. The van der Waals surface area contributed by atoms with Gasteiger partial charge in [0, 0.05) is 6.54 Å². The zero-order valence-corrected chi connectivity index (χ0v) is 20.4. The number of carbonyl (C=O) groups excluding carboxylic acids is 3. The molecular weight excluding hydrogens is 438 g/mol. The summed E-state index contributed by atoms with van der Waals surface area (Å²) in [6, 6.07) is 6.88. The van der Waals surface area contributed by atoms with Crippen molar-refractivity contribution < 1.29 is 29.3 Å². The van der Waals surface area contributed by atoms with Crippen LogP contribution in [0.3, 0.4) is 0 Å². The maximum atomic E-state index is 12.8. The summed E-state index contributed by atoms with van der Waals surface area (Å²) in [4.78, 5) is 37.6. The molecule has 1 aliphatic carbocycles. The first-order chi connectivity index (χ1) is 16.1. The minimum atomic E-state index is -1.51.